The molecule has 0 aromatic carbocycles. The van der Waals surface area contributed by atoms with E-state index in [9.17, 15) is 19.8 Å². The summed E-state index contributed by atoms with van der Waals surface area (Å²) in [5.74, 6) is -1.61. The van der Waals surface area contributed by atoms with Gasteiger partial charge in [0.25, 0.3) is 0 Å². The molecule has 1 saturated heterocycles. The molecule has 3 N–H and O–H groups in total. The number of carboxylic acids is 2. The highest BCUT2D eigenvalue weighted by Gasteiger charge is 2.39. The van der Waals surface area contributed by atoms with Gasteiger partial charge >= 0.3 is 11.9 Å². The number of nitrogens with zero attached hydrogens (tertiary/aromatic N) is 2. The number of hydrogen-bond donors (Lipinski definition) is 3. The third-order valence-corrected chi connectivity index (χ3v) is 5.72. The Morgan fingerprint density at radius 3 is 2.31 bits per heavy atom. The van der Waals surface area contributed by atoms with E-state index in [2.05, 4.69) is 30.3 Å². The maximum atomic E-state index is 11.3. The molecular formula is C22H37N3O4. The summed E-state index contributed by atoms with van der Waals surface area (Å²) in [6.07, 6.45) is 1.01. The molecule has 1 rings (SSSR count). The van der Waals surface area contributed by atoms with Crippen molar-refractivity contribution in [1.82, 2.24) is 15.1 Å². The largest absolute Gasteiger partial charge is 0.481 e. The summed E-state index contributed by atoms with van der Waals surface area (Å²) in [5, 5.41) is 21.7. The summed E-state index contributed by atoms with van der Waals surface area (Å²) >= 11 is 0. The lowest BCUT2D eigenvalue weighted by Crippen LogP contribution is -2.36. The van der Waals surface area contributed by atoms with Gasteiger partial charge in [-0.1, -0.05) is 27.0 Å². The van der Waals surface area contributed by atoms with Gasteiger partial charge in [0, 0.05) is 62.9 Å². The first-order chi connectivity index (χ1) is 13.6. The van der Waals surface area contributed by atoms with Gasteiger partial charge in [0.2, 0.25) is 0 Å². The molecule has 1 heterocycles. The fraction of sp³-hybridized carbons (Fsp3) is 0.636. The van der Waals surface area contributed by atoms with Crippen LogP contribution in [0.3, 0.4) is 0 Å². The van der Waals surface area contributed by atoms with Crippen LogP contribution in [0.4, 0.5) is 0 Å². The molecule has 0 spiro atoms. The van der Waals surface area contributed by atoms with E-state index >= 15 is 0 Å². The van der Waals surface area contributed by atoms with Gasteiger partial charge in [-0.25, -0.2) is 0 Å². The van der Waals surface area contributed by atoms with Crippen molar-refractivity contribution in [2.75, 3.05) is 33.2 Å². The summed E-state index contributed by atoms with van der Waals surface area (Å²) in [4.78, 5) is 26.6. The first-order valence-corrected chi connectivity index (χ1v) is 10.4. The number of carboxylic acid groups (broad SMARTS) is 2. The number of rotatable bonds is 13. The van der Waals surface area contributed by atoms with Gasteiger partial charge in [0.15, 0.2) is 0 Å². The first-order valence-electron chi connectivity index (χ1n) is 10.4. The molecule has 164 valence electrons. The second-order valence-electron chi connectivity index (χ2n) is 7.53. The number of nitrogens with one attached hydrogen (secondary N) is 1. The predicted octanol–water partition coefficient (Wildman–Crippen LogP) is 2.92. The van der Waals surface area contributed by atoms with Crippen LogP contribution in [0.15, 0.2) is 35.7 Å². The van der Waals surface area contributed by atoms with Crippen LogP contribution in [-0.2, 0) is 9.59 Å². The van der Waals surface area contributed by atoms with Crippen LogP contribution in [0.25, 0.3) is 0 Å². The van der Waals surface area contributed by atoms with Crippen molar-refractivity contribution in [1.29, 1.82) is 0 Å². The van der Waals surface area contributed by atoms with Crippen molar-refractivity contribution in [3.05, 3.63) is 35.7 Å². The Bertz CT molecular complexity index is 656. The number of hydrogen-bond acceptors (Lipinski definition) is 5. The zero-order valence-corrected chi connectivity index (χ0v) is 18.3. The molecule has 1 fully saturated rings. The van der Waals surface area contributed by atoms with Crippen LogP contribution in [0.5, 0.6) is 0 Å². The Labute approximate surface area is 174 Å². The lowest BCUT2D eigenvalue weighted by molar-refractivity contribution is -0.138. The molecule has 0 aromatic heterocycles. The minimum absolute atomic E-state index is 0.0202. The van der Waals surface area contributed by atoms with E-state index in [4.69, 9.17) is 0 Å². The summed E-state index contributed by atoms with van der Waals surface area (Å²) in [6.45, 7) is 17.8. The summed E-state index contributed by atoms with van der Waals surface area (Å²) in [6, 6.07) is 0.0202. The van der Waals surface area contributed by atoms with E-state index in [0.29, 0.717) is 12.8 Å². The number of likely N-dealkylation sites (tertiary alicyclic amines) is 1. The Morgan fingerprint density at radius 1 is 1.17 bits per heavy atom. The van der Waals surface area contributed by atoms with Gasteiger partial charge in [-0.3, -0.25) is 9.59 Å². The van der Waals surface area contributed by atoms with E-state index in [1.54, 1.807) is 0 Å². The Hall–Kier alpha value is -2.28. The van der Waals surface area contributed by atoms with E-state index in [1.165, 1.54) is 0 Å². The lowest BCUT2D eigenvalue weighted by Gasteiger charge is -2.28. The van der Waals surface area contributed by atoms with Gasteiger partial charge < -0.3 is 25.3 Å². The molecule has 0 radical (unpaired) electrons. The van der Waals surface area contributed by atoms with Crippen LogP contribution in [0.1, 0.15) is 46.5 Å². The highest BCUT2D eigenvalue weighted by Crippen LogP contribution is 2.43. The van der Waals surface area contributed by atoms with E-state index in [1.807, 2.05) is 25.8 Å². The Morgan fingerprint density at radius 2 is 1.79 bits per heavy atom. The Kier molecular flexibility index (Phi) is 9.95. The lowest BCUT2D eigenvalue weighted by atomic mass is 9.87. The molecule has 0 amide bonds. The molecule has 7 nitrogen and oxygen atoms in total. The number of likely N-dealkylation sites (N-methyl/N-ethyl adjacent to an activating group) is 2. The quantitative estimate of drug-likeness (QED) is 0.404. The van der Waals surface area contributed by atoms with E-state index in [0.717, 1.165) is 48.7 Å². The smallest absolute Gasteiger partial charge is 0.303 e. The maximum absolute atomic E-state index is 11.3. The average molecular weight is 408 g/mol. The fourth-order valence-corrected chi connectivity index (χ4v) is 3.97. The Balaban J connectivity index is 3.35. The topological polar surface area (TPSA) is 93.1 Å². The van der Waals surface area contributed by atoms with E-state index < -0.39 is 11.9 Å². The first kappa shape index (κ1) is 24.8. The zero-order valence-electron chi connectivity index (χ0n) is 18.3. The van der Waals surface area contributed by atoms with Gasteiger partial charge in [-0.15, -0.1) is 0 Å². The average Bonchev–Trinajstić information content (AvgIpc) is 2.89. The van der Waals surface area contributed by atoms with Gasteiger partial charge in [-0.05, 0) is 37.5 Å². The van der Waals surface area contributed by atoms with Crippen LogP contribution in [0.2, 0.25) is 0 Å². The number of carbonyl (C=O) groups is 2. The van der Waals surface area contributed by atoms with Crippen molar-refractivity contribution in [3.8, 4) is 0 Å². The van der Waals surface area contributed by atoms with Crippen molar-refractivity contribution >= 4 is 11.9 Å². The molecule has 0 saturated carbocycles. The minimum atomic E-state index is -0.849. The molecule has 0 bridgehead atoms. The number of aliphatic carboxylic acids is 2. The maximum Gasteiger partial charge on any atom is 0.303 e. The SMILES string of the molecule is C=C(/C(CCC(=O)O)=C1/C(=C)N(CCNCC)C(CCC(=O)O)C1C)N(C)CC. The third kappa shape index (κ3) is 6.63. The van der Waals surface area contributed by atoms with E-state index in [-0.39, 0.29) is 24.8 Å². The van der Waals surface area contributed by atoms with Gasteiger partial charge in [0.05, 0.1) is 0 Å². The van der Waals surface area contributed by atoms with Gasteiger partial charge in [-0.2, -0.15) is 0 Å². The second-order valence-corrected chi connectivity index (χ2v) is 7.53. The summed E-state index contributed by atoms with van der Waals surface area (Å²) in [5.41, 5.74) is 3.60. The van der Waals surface area contributed by atoms with Gasteiger partial charge in [0.1, 0.15) is 0 Å². The molecule has 2 atom stereocenters. The molecule has 29 heavy (non-hydrogen) atoms. The molecular weight excluding hydrogens is 370 g/mol. The standard InChI is InChI=1S/C22H37N3O4/c1-7-23-13-14-25-17(5)22(15(3)19(25)10-12-21(28)29)18(9-11-20(26)27)16(4)24(6)8-2/h15,19,23H,4-5,7-14H2,1-3,6H3,(H,26,27)(H,28,29)/b22-18+. The summed E-state index contributed by atoms with van der Waals surface area (Å²) < 4.78 is 0. The van der Waals surface area contributed by atoms with Crippen molar-refractivity contribution in [3.63, 3.8) is 0 Å². The summed E-state index contributed by atoms with van der Waals surface area (Å²) in [7, 11) is 1.94. The monoisotopic (exact) mass is 407 g/mol. The van der Waals surface area contributed by atoms with Crippen LogP contribution in [-0.4, -0.2) is 71.2 Å². The number of allylic oxidation sites excluding steroid dienone is 2. The normalized spacial score (nSPS) is 20.7. The van der Waals surface area contributed by atoms with Crippen LogP contribution < -0.4 is 5.32 Å². The molecule has 7 heteroatoms. The molecule has 1 aliphatic heterocycles. The predicted molar refractivity (Wildman–Crippen MR) is 116 cm³/mol. The fourth-order valence-electron chi connectivity index (χ4n) is 3.97. The van der Waals surface area contributed by atoms with Crippen molar-refractivity contribution in [2.45, 2.75) is 52.5 Å². The zero-order chi connectivity index (χ0) is 22.1. The minimum Gasteiger partial charge on any atom is -0.481 e. The molecule has 0 aromatic rings. The van der Waals surface area contributed by atoms with Crippen molar-refractivity contribution in [2.24, 2.45) is 5.92 Å². The van der Waals surface area contributed by atoms with Crippen LogP contribution >= 0.6 is 0 Å². The van der Waals surface area contributed by atoms with Crippen LogP contribution in [0, 0.1) is 5.92 Å². The molecule has 0 aliphatic carbocycles. The van der Waals surface area contributed by atoms with Crippen molar-refractivity contribution < 1.29 is 19.8 Å². The second kappa shape index (κ2) is 11.7. The highest BCUT2D eigenvalue weighted by molar-refractivity contribution is 5.68. The highest BCUT2D eigenvalue weighted by atomic mass is 16.4. The molecule has 1 aliphatic rings. The molecule has 2 unspecified atom stereocenters. The third-order valence-electron chi connectivity index (χ3n) is 5.72.